The van der Waals surface area contributed by atoms with E-state index in [9.17, 15) is 0 Å². The van der Waals surface area contributed by atoms with Crippen LogP contribution >= 0.6 is 11.3 Å². The highest BCUT2D eigenvalue weighted by Crippen LogP contribution is 2.38. The molecule has 7 heteroatoms. The van der Waals surface area contributed by atoms with E-state index in [1.165, 1.54) is 16.5 Å². The molecule has 0 aliphatic carbocycles. The molecule has 5 rings (SSSR count). The Morgan fingerprint density at radius 1 is 0.933 bits per heavy atom. The molecule has 0 N–H and O–H groups in total. The van der Waals surface area contributed by atoms with Crippen molar-refractivity contribution in [3.05, 3.63) is 41.5 Å². The average molecular weight is 424 g/mol. The van der Waals surface area contributed by atoms with Gasteiger partial charge < -0.3 is 14.5 Å². The zero-order chi connectivity index (χ0) is 20.3. The summed E-state index contributed by atoms with van der Waals surface area (Å²) in [5.74, 6) is 2.04. The first kappa shape index (κ1) is 19.9. The van der Waals surface area contributed by atoms with Crippen LogP contribution < -0.4 is 4.90 Å². The Morgan fingerprint density at radius 2 is 1.70 bits per heavy atom. The number of aromatic nitrogens is 2. The first-order chi connectivity index (χ1) is 14.8. The fraction of sp³-hybridized carbons (Fsp3) is 0.478. The van der Waals surface area contributed by atoms with Crippen molar-refractivity contribution in [2.45, 2.75) is 13.5 Å². The number of nitrogens with zero attached hydrogens (tertiary/aromatic N) is 5. The number of hydrogen-bond donors (Lipinski definition) is 0. The molecule has 0 saturated carbocycles. The van der Waals surface area contributed by atoms with Crippen LogP contribution in [-0.4, -0.2) is 78.8 Å². The van der Waals surface area contributed by atoms with E-state index in [0.29, 0.717) is 0 Å². The summed E-state index contributed by atoms with van der Waals surface area (Å²) in [6, 6.07) is 10.6. The van der Waals surface area contributed by atoms with E-state index in [0.717, 1.165) is 82.0 Å². The molecule has 0 spiro atoms. The van der Waals surface area contributed by atoms with Gasteiger partial charge in [-0.25, -0.2) is 9.97 Å². The molecule has 2 aromatic heterocycles. The SMILES string of the molecule is CCN1CCN(c2nc(CN3CCOCC3)nc3scc(-c4ccccc4)c23)CC1. The minimum atomic E-state index is 0.791. The predicted molar refractivity (Wildman–Crippen MR) is 123 cm³/mol. The highest BCUT2D eigenvalue weighted by atomic mass is 32.1. The maximum absolute atomic E-state index is 5.51. The zero-order valence-corrected chi connectivity index (χ0v) is 18.4. The van der Waals surface area contributed by atoms with Crippen LogP contribution in [0.3, 0.4) is 0 Å². The molecule has 2 fully saturated rings. The van der Waals surface area contributed by atoms with Crippen LogP contribution in [0.25, 0.3) is 21.3 Å². The first-order valence-electron chi connectivity index (χ1n) is 10.9. The van der Waals surface area contributed by atoms with E-state index < -0.39 is 0 Å². The summed E-state index contributed by atoms with van der Waals surface area (Å²) in [4.78, 5) is 18.6. The van der Waals surface area contributed by atoms with Crippen LogP contribution in [0.15, 0.2) is 35.7 Å². The fourth-order valence-corrected chi connectivity index (χ4v) is 5.29. The number of anilines is 1. The number of fused-ring (bicyclic) bond motifs is 1. The van der Waals surface area contributed by atoms with E-state index in [4.69, 9.17) is 14.7 Å². The van der Waals surface area contributed by atoms with Crippen LogP contribution in [0, 0.1) is 0 Å². The molecule has 0 amide bonds. The van der Waals surface area contributed by atoms with Gasteiger partial charge in [-0.05, 0) is 12.1 Å². The number of rotatable bonds is 5. The van der Waals surface area contributed by atoms with Gasteiger partial charge in [0.15, 0.2) is 0 Å². The Labute approximate surface area is 182 Å². The third-order valence-electron chi connectivity index (χ3n) is 6.13. The lowest BCUT2D eigenvalue weighted by atomic mass is 10.1. The van der Waals surface area contributed by atoms with Crippen LogP contribution in [0.1, 0.15) is 12.7 Å². The minimum Gasteiger partial charge on any atom is -0.379 e. The number of likely N-dealkylation sites (N-methyl/N-ethyl adjacent to an activating group) is 1. The largest absolute Gasteiger partial charge is 0.379 e. The lowest BCUT2D eigenvalue weighted by Crippen LogP contribution is -2.46. The van der Waals surface area contributed by atoms with Gasteiger partial charge >= 0.3 is 0 Å². The molecule has 2 saturated heterocycles. The number of morpholine rings is 1. The quantitative estimate of drug-likeness (QED) is 0.627. The van der Waals surface area contributed by atoms with Crippen LogP contribution in [0.5, 0.6) is 0 Å². The van der Waals surface area contributed by atoms with Gasteiger partial charge in [-0.15, -0.1) is 11.3 Å². The second-order valence-corrected chi connectivity index (χ2v) is 8.83. The standard InChI is InChI=1S/C23H29N5OS/c1-2-26-8-10-28(11-9-26)22-21-19(18-6-4-3-5-7-18)17-30-23(21)25-20(24-22)16-27-12-14-29-15-13-27/h3-7,17H,2,8-16H2,1H3. The molecule has 0 unspecified atom stereocenters. The third-order valence-corrected chi connectivity index (χ3v) is 7.01. The molecule has 158 valence electrons. The molecule has 6 nitrogen and oxygen atoms in total. The van der Waals surface area contributed by atoms with Gasteiger partial charge in [-0.3, -0.25) is 4.90 Å². The average Bonchev–Trinajstić information content (AvgIpc) is 3.24. The van der Waals surface area contributed by atoms with Crippen molar-refractivity contribution >= 4 is 27.4 Å². The van der Waals surface area contributed by atoms with Crippen molar-refractivity contribution in [3.8, 4) is 11.1 Å². The number of thiophene rings is 1. The fourth-order valence-electron chi connectivity index (χ4n) is 4.33. The van der Waals surface area contributed by atoms with Crippen molar-refractivity contribution in [1.29, 1.82) is 0 Å². The molecule has 3 aromatic rings. The highest BCUT2D eigenvalue weighted by Gasteiger charge is 2.24. The smallest absolute Gasteiger partial charge is 0.146 e. The minimum absolute atomic E-state index is 0.791. The van der Waals surface area contributed by atoms with Crippen molar-refractivity contribution < 1.29 is 4.74 Å². The number of benzene rings is 1. The molecule has 0 radical (unpaired) electrons. The molecule has 0 atom stereocenters. The molecule has 0 bridgehead atoms. The Balaban J connectivity index is 1.54. The summed E-state index contributed by atoms with van der Waals surface area (Å²) in [6.45, 7) is 11.8. The van der Waals surface area contributed by atoms with E-state index in [1.54, 1.807) is 11.3 Å². The first-order valence-corrected chi connectivity index (χ1v) is 11.8. The Bertz CT molecular complexity index is 978. The van der Waals surface area contributed by atoms with Crippen molar-refractivity contribution in [2.75, 3.05) is 63.9 Å². The van der Waals surface area contributed by atoms with E-state index in [-0.39, 0.29) is 0 Å². The predicted octanol–water partition coefficient (Wildman–Crippen LogP) is 3.33. The molecule has 1 aromatic carbocycles. The van der Waals surface area contributed by atoms with Crippen molar-refractivity contribution in [2.24, 2.45) is 0 Å². The third kappa shape index (κ3) is 4.07. The Hall–Kier alpha value is -2.06. The summed E-state index contributed by atoms with van der Waals surface area (Å²) >= 11 is 1.74. The highest BCUT2D eigenvalue weighted by molar-refractivity contribution is 7.17. The van der Waals surface area contributed by atoms with Gasteiger partial charge in [0.2, 0.25) is 0 Å². The van der Waals surface area contributed by atoms with Gasteiger partial charge in [-0.1, -0.05) is 37.3 Å². The van der Waals surface area contributed by atoms with Crippen LogP contribution in [0.4, 0.5) is 5.82 Å². The van der Waals surface area contributed by atoms with E-state index in [2.05, 4.69) is 57.3 Å². The van der Waals surface area contributed by atoms with Gasteiger partial charge in [-0.2, -0.15) is 0 Å². The van der Waals surface area contributed by atoms with E-state index >= 15 is 0 Å². The zero-order valence-electron chi connectivity index (χ0n) is 17.6. The lowest BCUT2D eigenvalue weighted by Gasteiger charge is -2.35. The Morgan fingerprint density at radius 3 is 2.43 bits per heavy atom. The van der Waals surface area contributed by atoms with Crippen LogP contribution in [0.2, 0.25) is 0 Å². The number of ether oxygens (including phenoxy) is 1. The summed E-state index contributed by atoms with van der Waals surface area (Å²) in [6.07, 6.45) is 0. The Kier molecular flexibility index (Phi) is 5.95. The summed E-state index contributed by atoms with van der Waals surface area (Å²) in [5, 5.41) is 3.46. The summed E-state index contributed by atoms with van der Waals surface area (Å²) < 4.78 is 5.51. The van der Waals surface area contributed by atoms with Gasteiger partial charge in [0.1, 0.15) is 16.5 Å². The van der Waals surface area contributed by atoms with Crippen molar-refractivity contribution in [1.82, 2.24) is 19.8 Å². The number of piperazine rings is 1. The molecule has 2 aliphatic heterocycles. The lowest BCUT2D eigenvalue weighted by molar-refractivity contribution is 0.0331. The number of hydrogen-bond acceptors (Lipinski definition) is 7. The summed E-state index contributed by atoms with van der Waals surface area (Å²) in [7, 11) is 0. The van der Waals surface area contributed by atoms with Crippen LogP contribution in [-0.2, 0) is 11.3 Å². The maximum Gasteiger partial charge on any atom is 0.146 e. The van der Waals surface area contributed by atoms with E-state index in [1.807, 2.05) is 0 Å². The molecular weight excluding hydrogens is 394 g/mol. The molecular formula is C23H29N5OS. The van der Waals surface area contributed by atoms with Gasteiger partial charge in [0.05, 0.1) is 25.1 Å². The second kappa shape index (κ2) is 8.98. The topological polar surface area (TPSA) is 44.7 Å². The molecule has 4 heterocycles. The monoisotopic (exact) mass is 423 g/mol. The van der Waals surface area contributed by atoms with Crippen molar-refractivity contribution in [3.63, 3.8) is 0 Å². The summed E-state index contributed by atoms with van der Waals surface area (Å²) in [5.41, 5.74) is 2.49. The van der Waals surface area contributed by atoms with Gasteiger partial charge in [0.25, 0.3) is 0 Å². The van der Waals surface area contributed by atoms with Gasteiger partial charge in [0, 0.05) is 50.2 Å². The normalized spacial score (nSPS) is 18.9. The second-order valence-electron chi connectivity index (χ2n) is 7.97. The molecule has 2 aliphatic rings. The molecule has 30 heavy (non-hydrogen) atoms. The maximum atomic E-state index is 5.51.